The van der Waals surface area contributed by atoms with Crippen LogP contribution in [0.2, 0.25) is 0 Å². The zero-order chi connectivity index (χ0) is 7.97. The summed E-state index contributed by atoms with van der Waals surface area (Å²) in [5, 5.41) is 7.41. The van der Waals surface area contributed by atoms with Gasteiger partial charge in [-0.25, -0.2) is 0 Å². The van der Waals surface area contributed by atoms with E-state index in [9.17, 15) is 0 Å². The monoisotopic (exact) mass is 192 g/mol. The Morgan fingerprint density at radius 2 is 2.17 bits per heavy atom. The first-order valence-corrected chi connectivity index (χ1v) is 5.19. The van der Waals surface area contributed by atoms with Gasteiger partial charge >= 0.3 is 0 Å². The van der Waals surface area contributed by atoms with E-state index in [1.54, 1.807) is 11.3 Å². The Hall–Kier alpha value is -1.00. The van der Waals surface area contributed by atoms with Crippen molar-refractivity contribution in [2.75, 3.05) is 0 Å². The summed E-state index contributed by atoms with van der Waals surface area (Å²) in [7, 11) is 0. The SMILES string of the molecule is c1cc2c(ccc3nnsc32)s1. The van der Waals surface area contributed by atoms with Crippen molar-refractivity contribution < 1.29 is 0 Å². The van der Waals surface area contributed by atoms with Crippen LogP contribution in [0.25, 0.3) is 20.3 Å². The molecule has 0 amide bonds. The van der Waals surface area contributed by atoms with Crippen molar-refractivity contribution in [1.82, 2.24) is 9.59 Å². The lowest BCUT2D eigenvalue weighted by Gasteiger charge is -1.87. The number of hydrogen-bond acceptors (Lipinski definition) is 4. The van der Waals surface area contributed by atoms with Crippen LogP contribution in [0.3, 0.4) is 0 Å². The van der Waals surface area contributed by atoms with Gasteiger partial charge in [-0.2, -0.15) is 0 Å². The van der Waals surface area contributed by atoms with E-state index in [-0.39, 0.29) is 0 Å². The van der Waals surface area contributed by atoms with Crippen molar-refractivity contribution in [1.29, 1.82) is 0 Å². The van der Waals surface area contributed by atoms with Crippen LogP contribution in [0.4, 0.5) is 0 Å². The van der Waals surface area contributed by atoms with E-state index in [0.717, 1.165) is 5.52 Å². The van der Waals surface area contributed by atoms with Crippen molar-refractivity contribution in [2.45, 2.75) is 0 Å². The van der Waals surface area contributed by atoms with Crippen LogP contribution in [-0.4, -0.2) is 9.59 Å². The fraction of sp³-hybridized carbons (Fsp3) is 0. The van der Waals surface area contributed by atoms with Gasteiger partial charge in [-0.05, 0) is 35.1 Å². The van der Waals surface area contributed by atoms with Crippen molar-refractivity contribution in [3.8, 4) is 0 Å². The van der Waals surface area contributed by atoms with Crippen molar-refractivity contribution in [3.05, 3.63) is 23.6 Å². The lowest BCUT2D eigenvalue weighted by Crippen LogP contribution is -1.66. The van der Waals surface area contributed by atoms with E-state index in [1.807, 2.05) is 6.07 Å². The molecule has 0 unspecified atom stereocenters. The molecule has 0 N–H and O–H groups in total. The predicted octanol–water partition coefficient (Wildman–Crippen LogP) is 2.91. The molecule has 0 aliphatic heterocycles. The van der Waals surface area contributed by atoms with Gasteiger partial charge in [-0.1, -0.05) is 4.49 Å². The third-order valence-electron chi connectivity index (χ3n) is 1.85. The number of fused-ring (bicyclic) bond motifs is 3. The van der Waals surface area contributed by atoms with E-state index < -0.39 is 0 Å². The molecule has 0 radical (unpaired) electrons. The van der Waals surface area contributed by atoms with Gasteiger partial charge < -0.3 is 0 Å². The molecule has 2 nitrogen and oxygen atoms in total. The molecule has 0 spiro atoms. The number of benzene rings is 1. The van der Waals surface area contributed by atoms with Gasteiger partial charge in [0.15, 0.2) is 0 Å². The number of nitrogens with zero attached hydrogens (tertiary/aromatic N) is 2. The minimum Gasteiger partial charge on any atom is -0.144 e. The predicted molar refractivity (Wildman–Crippen MR) is 52.8 cm³/mol. The Balaban J connectivity index is 2.71. The molecule has 1 aromatic carbocycles. The average molecular weight is 192 g/mol. The van der Waals surface area contributed by atoms with E-state index in [4.69, 9.17) is 0 Å². The number of rotatable bonds is 0. The van der Waals surface area contributed by atoms with Gasteiger partial charge in [0.1, 0.15) is 5.52 Å². The van der Waals surface area contributed by atoms with Crippen LogP contribution in [0, 0.1) is 0 Å². The Morgan fingerprint density at radius 1 is 1.17 bits per heavy atom. The zero-order valence-corrected chi connectivity index (χ0v) is 7.65. The summed E-state index contributed by atoms with van der Waals surface area (Å²) in [6.45, 7) is 0. The first-order chi connectivity index (χ1) is 5.95. The molecule has 0 saturated carbocycles. The highest BCUT2D eigenvalue weighted by Crippen LogP contribution is 2.29. The molecular weight excluding hydrogens is 188 g/mol. The third kappa shape index (κ3) is 0.735. The van der Waals surface area contributed by atoms with Crippen molar-refractivity contribution >= 4 is 43.2 Å². The van der Waals surface area contributed by atoms with Crippen molar-refractivity contribution in [2.24, 2.45) is 0 Å². The summed E-state index contributed by atoms with van der Waals surface area (Å²) in [5.74, 6) is 0. The highest BCUT2D eigenvalue weighted by molar-refractivity contribution is 7.19. The van der Waals surface area contributed by atoms with Crippen molar-refractivity contribution in [3.63, 3.8) is 0 Å². The average Bonchev–Trinajstić information content (AvgIpc) is 2.71. The van der Waals surface area contributed by atoms with E-state index in [1.165, 1.54) is 26.3 Å². The molecule has 0 fully saturated rings. The smallest absolute Gasteiger partial charge is 0.106 e. The van der Waals surface area contributed by atoms with Crippen LogP contribution in [0.5, 0.6) is 0 Å². The van der Waals surface area contributed by atoms with Gasteiger partial charge in [-0.3, -0.25) is 0 Å². The Kier molecular flexibility index (Phi) is 1.22. The lowest BCUT2D eigenvalue weighted by molar-refractivity contribution is 1.20. The number of hydrogen-bond donors (Lipinski definition) is 0. The van der Waals surface area contributed by atoms with E-state index in [2.05, 4.69) is 27.1 Å². The zero-order valence-electron chi connectivity index (χ0n) is 6.02. The Morgan fingerprint density at radius 3 is 3.17 bits per heavy atom. The first-order valence-electron chi connectivity index (χ1n) is 3.53. The Labute approximate surface area is 76.6 Å². The summed E-state index contributed by atoms with van der Waals surface area (Å²) in [6.07, 6.45) is 0. The molecule has 0 saturated heterocycles. The number of thiophene rings is 1. The standard InChI is InChI=1S/C8H4N2S2/c1-2-7-5(3-4-11-7)8-6(1)9-10-12-8/h1-4H. The molecule has 2 heterocycles. The molecule has 0 atom stereocenters. The maximum atomic E-state index is 4.02. The molecule has 58 valence electrons. The van der Waals surface area contributed by atoms with Gasteiger partial charge in [0.2, 0.25) is 0 Å². The first kappa shape index (κ1) is 6.51. The van der Waals surface area contributed by atoms with E-state index in [0.29, 0.717) is 0 Å². The van der Waals surface area contributed by atoms with Crippen LogP contribution < -0.4 is 0 Å². The molecule has 0 aliphatic carbocycles. The maximum Gasteiger partial charge on any atom is 0.106 e. The summed E-state index contributed by atoms with van der Waals surface area (Å²) in [5.41, 5.74) is 1.01. The fourth-order valence-electron chi connectivity index (χ4n) is 1.29. The highest BCUT2D eigenvalue weighted by Gasteiger charge is 2.03. The quantitative estimate of drug-likeness (QED) is 0.547. The highest BCUT2D eigenvalue weighted by atomic mass is 32.1. The molecule has 0 aliphatic rings. The largest absolute Gasteiger partial charge is 0.144 e. The minimum atomic E-state index is 1.01. The normalized spacial score (nSPS) is 11.3. The summed E-state index contributed by atoms with van der Waals surface area (Å²) >= 11 is 3.22. The van der Waals surface area contributed by atoms with Crippen LogP contribution >= 0.6 is 22.9 Å². The molecule has 0 bridgehead atoms. The summed E-state index contributed by atoms with van der Waals surface area (Å²) in [4.78, 5) is 0. The molecular formula is C8H4N2S2. The Bertz CT molecular complexity index is 488. The second kappa shape index (κ2) is 2.24. The van der Waals surface area contributed by atoms with Gasteiger partial charge in [-0.15, -0.1) is 16.4 Å². The topological polar surface area (TPSA) is 25.8 Å². The summed E-state index contributed by atoms with van der Waals surface area (Å²) < 4.78 is 6.44. The third-order valence-corrected chi connectivity index (χ3v) is 3.50. The van der Waals surface area contributed by atoms with Crippen LogP contribution in [0.15, 0.2) is 23.6 Å². The molecule has 12 heavy (non-hydrogen) atoms. The van der Waals surface area contributed by atoms with Crippen LogP contribution in [-0.2, 0) is 0 Å². The molecule has 2 aromatic heterocycles. The number of aromatic nitrogens is 2. The van der Waals surface area contributed by atoms with Crippen LogP contribution in [0.1, 0.15) is 0 Å². The van der Waals surface area contributed by atoms with Gasteiger partial charge in [0, 0.05) is 10.1 Å². The maximum absolute atomic E-state index is 4.02. The van der Waals surface area contributed by atoms with Gasteiger partial charge in [0.25, 0.3) is 0 Å². The molecule has 4 heteroatoms. The second-order valence-corrected chi connectivity index (χ2v) is 4.22. The molecule has 3 rings (SSSR count). The van der Waals surface area contributed by atoms with Gasteiger partial charge in [0.05, 0.1) is 4.70 Å². The lowest BCUT2D eigenvalue weighted by atomic mass is 10.2. The van der Waals surface area contributed by atoms with E-state index >= 15 is 0 Å². The second-order valence-electron chi connectivity index (χ2n) is 2.52. The molecule has 3 aromatic rings. The minimum absolute atomic E-state index is 1.01. The summed E-state index contributed by atoms with van der Waals surface area (Å²) in [6, 6.07) is 6.25. The fourth-order valence-corrected chi connectivity index (χ4v) is 2.83.